The Bertz CT molecular complexity index is 599. The summed E-state index contributed by atoms with van der Waals surface area (Å²) in [7, 11) is 0. The van der Waals surface area contributed by atoms with Gasteiger partial charge in [-0.1, -0.05) is 24.0 Å². The van der Waals surface area contributed by atoms with E-state index in [1.54, 1.807) is 11.8 Å². The van der Waals surface area contributed by atoms with Gasteiger partial charge in [-0.2, -0.15) is 4.98 Å². The summed E-state index contributed by atoms with van der Waals surface area (Å²) < 4.78 is 2.68. The summed E-state index contributed by atoms with van der Waals surface area (Å²) in [5.74, 6) is 0.704. The zero-order valence-corrected chi connectivity index (χ0v) is 10.6. The molecule has 0 amide bonds. The molecule has 16 heavy (non-hydrogen) atoms. The Morgan fingerprint density at radius 2 is 2.12 bits per heavy atom. The molecule has 0 unspecified atom stereocenters. The highest BCUT2D eigenvalue weighted by molar-refractivity contribution is 7.98. The molecular weight excluding hydrogens is 240 g/mol. The van der Waals surface area contributed by atoms with Crippen LogP contribution in [0.1, 0.15) is 24.1 Å². The second-order valence-corrected chi connectivity index (χ2v) is 5.10. The lowest BCUT2D eigenvalue weighted by molar-refractivity contribution is 0.655. The molecule has 0 saturated heterocycles. The second kappa shape index (κ2) is 3.85. The van der Waals surface area contributed by atoms with Crippen molar-refractivity contribution in [2.24, 2.45) is 0 Å². The van der Waals surface area contributed by atoms with Crippen LogP contribution in [0.15, 0.2) is 5.16 Å². The summed E-state index contributed by atoms with van der Waals surface area (Å²) in [6.07, 6.45) is 6.51. The van der Waals surface area contributed by atoms with Crippen LogP contribution in [0.25, 0.3) is 5.78 Å². The Morgan fingerprint density at radius 3 is 2.94 bits per heavy atom. The first kappa shape index (κ1) is 10.3. The quantitative estimate of drug-likeness (QED) is 0.625. The van der Waals surface area contributed by atoms with E-state index in [1.807, 2.05) is 10.8 Å². The fourth-order valence-corrected chi connectivity index (χ4v) is 2.82. The van der Waals surface area contributed by atoms with Gasteiger partial charge in [-0.05, 0) is 31.9 Å². The lowest BCUT2D eigenvalue weighted by atomic mass is 9.98. The number of rotatable bonds is 1. The maximum absolute atomic E-state index is 5.48. The fourth-order valence-electron chi connectivity index (χ4n) is 2.12. The van der Waals surface area contributed by atoms with Crippen LogP contribution in [-0.4, -0.2) is 25.8 Å². The number of thioether (sulfide) groups is 1. The third kappa shape index (κ3) is 1.48. The molecule has 0 fully saturated rings. The Labute approximate surface area is 102 Å². The van der Waals surface area contributed by atoms with Crippen LogP contribution in [0.2, 0.25) is 0 Å². The molecule has 0 saturated carbocycles. The smallest absolute Gasteiger partial charge is 0.252 e. The molecule has 0 aromatic carbocycles. The van der Waals surface area contributed by atoms with Crippen molar-refractivity contribution in [3.05, 3.63) is 15.9 Å². The first-order valence-electron chi connectivity index (χ1n) is 5.34. The minimum atomic E-state index is 0.704. The Hall–Kier alpha value is -0.880. The molecule has 4 nitrogen and oxygen atoms in total. The van der Waals surface area contributed by atoms with Crippen LogP contribution in [0, 0.1) is 4.64 Å². The standard InChI is InChI=1S/C10H12N4S2/c1-16-10-12-9-11-7-5-3-2-4-6(7)8(15)14(9)13-10/h2-5H2,1H3,(H,11,12,13). The topological polar surface area (TPSA) is 46.0 Å². The monoisotopic (exact) mass is 252 g/mol. The van der Waals surface area contributed by atoms with Crippen LogP contribution in [0.3, 0.4) is 0 Å². The Balaban J connectivity index is 2.32. The van der Waals surface area contributed by atoms with E-state index in [0.29, 0.717) is 5.78 Å². The van der Waals surface area contributed by atoms with Crippen molar-refractivity contribution in [1.82, 2.24) is 19.6 Å². The molecule has 2 heterocycles. The van der Waals surface area contributed by atoms with Gasteiger partial charge in [0, 0.05) is 5.56 Å². The number of hydrogen-bond acceptors (Lipinski definition) is 4. The van der Waals surface area contributed by atoms with Gasteiger partial charge in [-0.25, -0.2) is 9.50 Å². The number of aromatic amines is 1. The average molecular weight is 252 g/mol. The summed E-state index contributed by atoms with van der Waals surface area (Å²) >= 11 is 7.06. The normalized spacial score (nSPS) is 15.3. The molecule has 1 N–H and O–H groups in total. The summed E-state index contributed by atoms with van der Waals surface area (Å²) in [6, 6.07) is 0. The van der Waals surface area contributed by atoms with Gasteiger partial charge in [0.05, 0.1) is 5.69 Å². The van der Waals surface area contributed by atoms with E-state index in [0.717, 1.165) is 28.3 Å². The van der Waals surface area contributed by atoms with E-state index in [-0.39, 0.29) is 0 Å². The number of aromatic nitrogens is 4. The number of hydrogen-bond donors (Lipinski definition) is 1. The summed E-state index contributed by atoms with van der Waals surface area (Å²) in [5, 5.41) is 4.03. The highest BCUT2D eigenvalue weighted by Crippen LogP contribution is 2.22. The third-order valence-corrected chi connectivity index (χ3v) is 3.94. The first-order chi connectivity index (χ1) is 7.79. The Kier molecular flexibility index (Phi) is 2.48. The highest BCUT2D eigenvalue weighted by atomic mass is 32.2. The van der Waals surface area contributed by atoms with Gasteiger partial charge >= 0.3 is 0 Å². The number of H-pyrrole nitrogens is 1. The lowest BCUT2D eigenvalue weighted by Gasteiger charge is -2.14. The van der Waals surface area contributed by atoms with E-state index in [4.69, 9.17) is 12.2 Å². The Morgan fingerprint density at radius 1 is 1.31 bits per heavy atom. The van der Waals surface area contributed by atoms with Gasteiger partial charge in [0.2, 0.25) is 0 Å². The van der Waals surface area contributed by atoms with Crippen LogP contribution >= 0.6 is 24.0 Å². The maximum Gasteiger partial charge on any atom is 0.252 e. The van der Waals surface area contributed by atoms with E-state index >= 15 is 0 Å². The van der Waals surface area contributed by atoms with Gasteiger partial charge in [0.25, 0.3) is 5.78 Å². The molecule has 0 atom stereocenters. The van der Waals surface area contributed by atoms with Gasteiger partial charge in [0.1, 0.15) is 4.64 Å². The lowest BCUT2D eigenvalue weighted by Crippen LogP contribution is -2.09. The average Bonchev–Trinajstić information content (AvgIpc) is 2.73. The third-order valence-electron chi connectivity index (χ3n) is 2.94. The molecule has 3 rings (SSSR count). The van der Waals surface area contributed by atoms with E-state index in [2.05, 4.69) is 15.1 Å². The van der Waals surface area contributed by atoms with Crippen molar-refractivity contribution < 1.29 is 0 Å². The molecule has 2 aromatic rings. The van der Waals surface area contributed by atoms with Gasteiger partial charge in [-0.15, -0.1) is 0 Å². The number of fused-ring (bicyclic) bond motifs is 2. The molecule has 6 heteroatoms. The molecule has 84 valence electrons. The maximum atomic E-state index is 5.48. The van der Waals surface area contributed by atoms with E-state index in [9.17, 15) is 0 Å². The summed E-state index contributed by atoms with van der Waals surface area (Å²) in [4.78, 5) is 8.98. The predicted molar refractivity (Wildman–Crippen MR) is 66.6 cm³/mol. The van der Waals surface area contributed by atoms with Gasteiger partial charge < -0.3 is 0 Å². The van der Waals surface area contributed by atoms with Crippen molar-refractivity contribution in [1.29, 1.82) is 0 Å². The van der Waals surface area contributed by atoms with Crippen LogP contribution < -0.4 is 0 Å². The van der Waals surface area contributed by atoms with Gasteiger partial charge in [0.15, 0.2) is 5.16 Å². The largest absolute Gasteiger partial charge is 0.268 e. The second-order valence-electron chi connectivity index (χ2n) is 3.92. The van der Waals surface area contributed by atoms with Crippen molar-refractivity contribution in [2.75, 3.05) is 6.26 Å². The van der Waals surface area contributed by atoms with Crippen LogP contribution in [0.5, 0.6) is 0 Å². The van der Waals surface area contributed by atoms with Gasteiger partial charge in [-0.3, -0.25) is 5.10 Å². The highest BCUT2D eigenvalue weighted by Gasteiger charge is 2.16. The predicted octanol–water partition coefficient (Wildman–Crippen LogP) is 2.39. The van der Waals surface area contributed by atoms with E-state index in [1.165, 1.54) is 18.4 Å². The first-order valence-corrected chi connectivity index (χ1v) is 6.97. The molecule has 0 aliphatic heterocycles. The molecule has 0 spiro atoms. The number of nitrogens with one attached hydrogen (secondary N) is 1. The SMILES string of the molecule is CSc1nc2nc3c(c(=S)n2[nH]1)CCCC3. The zero-order valence-electron chi connectivity index (χ0n) is 8.99. The van der Waals surface area contributed by atoms with Crippen molar-refractivity contribution in [2.45, 2.75) is 30.8 Å². The molecule has 0 radical (unpaired) electrons. The molecular formula is C10H12N4S2. The molecule has 1 aliphatic rings. The van der Waals surface area contributed by atoms with Crippen LogP contribution in [-0.2, 0) is 12.8 Å². The summed E-state index contributed by atoms with van der Waals surface area (Å²) in [6.45, 7) is 0. The van der Waals surface area contributed by atoms with Crippen molar-refractivity contribution >= 4 is 29.8 Å². The summed E-state index contributed by atoms with van der Waals surface area (Å²) in [5.41, 5.74) is 2.38. The molecule has 1 aliphatic carbocycles. The zero-order chi connectivity index (χ0) is 11.1. The fraction of sp³-hybridized carbons (Fsp3) is 0.500. The molecule has 0 bridgehead atoms. The van der Waals surface area contributed by atoms with Crippen molar-refractivity contribution in [3.63, 3.8) is 0 Å². The minimum Gasteiger partial charge on any atom is -0.268 e. The van der Waals surface area contributed by atoms with Crippen LogP contribution in [0.4, 0.5) is 0 Å². The number of nitrogens with zero attached hydrogens (tertiary/aromatic N) is 3. The number of aryl methyl sites for hydroxylation is 1. The molecule has 2 aromatic heterocycles. The van der Waals surface area contributed by atoms with Crippen molar-refractivity contribution in [3.8, 4) is 0 Å². The minimum absolute atomic E-state index is 0.704. The van der Waals surface area contributed by atoms with E-state index < -0.39 is 0 Å².